The molecule has 0 radical (unpaired) electrons. The summed E-state index contributed by atoms with van der Waals surface area (Å²) in [6, 6.07) is 1.87. The van der Waals surface area contributed by atoms with Crippen molar-refractivity contribution in [2.45, 2.75) is 26.2 Å². The molecule has 0 bridgehead atoms. The molecule has 3 heteroatoms. The van der Waals surface area contributed by atoms with E-state index in [0.29, 0.717) is 6.54 Å². The summed E-state index contributed by atoms with van der Waals surface area (Å²) in [5, 5.41) is 0. The molecular weight excluding hydrogens is 188 g/mol. The minimum absolute atomic E-state index is 0.182. The van der Waals surface area contributed by atoms with Crippen molar-refractivity contribution in [3.8, 4) is 0 Å². The van der Waals surface area contributed by atoms with Gasteiger partial charge in [-0.15, -0.1) is 0 Å². The smallest absolute Gasteiger partial charge is 0.172 e. The first kappa shape index (κ1) is 10.3. The van der Waals surface area contributed by atoms with Crippen molar-refractivity contribution in [2.75, 3.05) is 6.54 Å². The predicted octanol–water partition coefficient (Wildman–Crippen LogP) is 1.70. The number of hydrogen-bond acceptors (Lipinski definition) is 3. The number of aromatic nitrogens is 1. The summed E-state index contributed by atoms with van der Waals surface area (Å²) >= 11 is 0. The van der Waals surface area contributed by atoms with Crippen molar-refractivity contribution in [1.29, 1.82) is 0 Å². The van der Waals surface area contributed by atoms with Crippen LogP contribution in [-0.4, -0.2) is 17.3 Å². The van der Waals surface area contributed by atoms with Crippen LogP contribution in [-0.2, 0) is 0 Å². The van der Waals surface area contributed by atoms with Crippen molar-refractivity contribution >= 4 is 5.78 Å². The van der Waals surface area contributed by atoms with Gasteiger partial charge in [0, 0.05) is 29.9 Å². The number of carbonyl (C=O) groups is 1. The standard InChI is InChI=1S/C12H16N2O/c1-9-3-6-14-7-10(9)11(15)12(8-13)4-2-5-12/h3,6-7H,2,4-5,8,13H2,1H3. The van der Waals surface area contributed by atoms with Gasteiger partial charge in [0.15, 0.2) is 5.78 Å². The third kappa shape index (κ3) is 1.57. The third-order valence-electron chi connectivity index (χ3n) is 3.47. The molecule has 0 spiro atoms. The highest BCUT2D eigenvalue weighted by Gasteiger charge is 2.43. The van der Waals surface area contributed by atoms with Gasteiger partial charge in [-0.3, -0.25) is 9.78 Å². The molecule has 0 unspecified atom stereocenters. The van der Waals surface area contributed by atoms with Crippen molar-refractivity contribution in [3.05, 3.63) is 29.6 Å². The van der Waals surface area contributed by atoms with E-state index in [2.05, 4.69) is 4.98 Å². The Balaban J connectivity index is 2.32. The molecule has 1 aromatic rings. The van der Waals surface area contributed by atoms with Crippen LogP contribution in [0.5, 0.6) is 0 Å². The van der Waals surface area contributed by atoms with Gasteiger partial charge >= 0.3 is 0 Å². The summed E-state index contributed by atoms with van der Waals surface area (Å²) < 4.78 is 0. The minimum atomic E-state index is -0.284. The molecular formula is C12H16N2O. The molecule has 0 aromatic carbocycles. The highest BCUT2D eigenvalue weighted by atomic mass is 16.1. The lowest BCUT2D eigenvalue weighted by molar-refractivity contribution is 0.0635. The fourth-order valence-electron chi connectivity index (χ4n) is 2.11. The minimum Gasteiger partial charge on any atom is -0.329 e. The van der Waals surface area contributed by atoms with Gasteiger partial charge in [0.1, 0.15) is 0 Å². The second-order valence-corrected chi connectivity index (χ2v) is 4.36. The average Bonchev–Trinajstić information content (AvgIpc) is 2.17. The first-order valence-electron chi connectivity index (χ1n) is 5.35. The maximum absolute atomic E-state index is 12.3. The SMILES string of the molecule is Cc1ccncc1C(=O)C1(CN)CCC1. The van der Waals surface area contributed by atoms with Crippen LogP contribution in [0.25, 0.3) is 0 Å². The van der Waals surface area contributed by atoms with Gasteiger partial charge in [-0.2, -0.15) is 0 Å². The highest BCUT2D eigenvalue weighted by molar-refractivity contribution is 6.02. The van der Waals surface area contributed by atoms with E-state index in [9.17, 15) is 4.79 Å². The molecule has 3 nitrogen and oxygen atoms in total. The topological polar surface area (TPSA) is 56.0 Å². The normalized spacial score (nSPS) is 18.3. The zero-order valence-corrected chi connectivity index (χ0v) is 8.99. The second-order valence-electron chi connectivity index (χ2n) is 4.36. The van der Waals surface area contributed by atoms with Crippen LogP contribution in [0.1, 0.15) is 35.2 Å². The van der Waals surface area contributed by atoms with E-state index in [0.717, 1.165) is 30.4 Å². The number of Topliss-reactive ketones (excluding diaryl/α,β-unsaturated/α-hetero) is 1. The molecule has 0 amide bonds. The van der Waals surface area contributed by atoms with E-state index in [4.69, 9.17) is 5.73 Å². The first-order valence-corrected chi connectivity index (χ1v) is 5.35. The van der Waals surface area contributed by atoms with Crippen LogP contribution < -0.4 is 5.73 Å². The maximum Gasteiger partial charge on any atom is 0.172 e. The van der Waals surface area contributed by atoms with Crippen LogP contribution in [0.15, 0.2) is 18.5 Å². The summed E-state index contributed by atoms with van der Waals surface area (Å²) in [7, 11) is 0. The van der Waals surface area contributed by atoms with Gasteiger partial charge < -0.3 is 5.73 Å². The molecule has 1 heterocycles. The number of aryl methyl sites for hydroxylation is 1. The van der Waals surface area contributed by atoms with Gasteiger partial charge in [-0.05, 0) is 31.4 Å². The van der Waals surface area contributed by atoms with Crippen molar-refractivity contribution < 1.29 is 4.79 Å². The number of pyridine rings is 1. The van der Waals surface area contributed by atoms with Crippen LogP contribution in [0.3, 0.4) is 0 Å². The van der Waals surface area contributed by atoms with Crippen LogP contribution in [0, 0.1) is 12.3 Å². The fraction of sp³-hybridized carbons (Fsp3) is 0.500. The lowest BCUT2D eigenvalue weighted by atomic mass is 9.64. The zero-order chi connectivity index (χ0) is 10.9. The number of nitrogens with two attached hydrogens (primary N) is 1. The molecule has 1 aromatic heterocycles. The Hall–Kier alpha value is -1.22. The zero-order valence-electron chi connectivity index (χ0n) is 8.99. The van der Waals surface area contributed by atoms with Crippen LogP contribution in [0.2, 0.25) is 0 Å². The highest BCUT2D eigenvalue weighted by Crippen LogP contribution is 2.42. The monoisotopic (exact) mass is 204 g/mol. The molecule has 2 rings (SSSR count). The Kier molecular flexibility index (Phi) is 2.57. The number of hydrogen-bond donors (Lipinski definition) is 1. The Morgan fingerprint density at radius 2 is 2.33 bits per heavy atom. The van der Waals surface area contributed by atoms with Crippen LogP contribution in [0.4, 0.5) is 0 Å². The first-order chi connectivity index (χ1) is 7.19. The molecule has 1 aliphatic rings. The van der Waals surface area contributed by atoms with E-state index in [1.165, 1.54) is 0 Å². The molecule has 2 N–H and O–H groups in total. The maximum atomic E-state index is 12.3. The van der Waals surface area contributed by atoms with E-state index in [1.807, 2.05) is 13.0 Å². The molecule has 0 aliphatic heterocycles. The van der Waals surface area contributed by atoms with E-state index >= 15 is 0 Å². The molecule has 0 atom stereocenters. The number of nitrogens with zero attached hydrogens (tertiary/aromatic N) is 1. The van der Waals surface area contributed by atoms with Crippen LogP contribution >= 0.6 is 0 Å². The van der Waals surface area contributed by atoms with Crippen molar-refractivity contribution in [2.24, 2.45) is 11.1 Å². The summed E-state index contributed by atoms with van der Waals surface area (Å²) in [5.41, 5.74) is 7.17. The van der Waals surface area contributed by atoms with E-state index in [-0.39, 0.29) is 11.2 Å². The molecule has 1 fully saturated rings. The summed E-state index contributed by atoms with van der Waals surface area (Å²) in [4.78, 5) is 16.3. The fourth-order valence-corrected chi connectivity index (χ4v) is 2.11. The van der Waals surface area contributed by atoms with Gasteiger partial charge in [0.2, 0.25) is 0 Å². The molecule has 1 saturated carbocycles. The lowest BCUT2D eigenvalue weighted by Gasteiger charge is -2.39. The largest absolute Gasteiger partial charge is 0.329 e. The van der Waals surface area contributed by atoms with E-state index < -0.39 is 0 Å². The predicted molar refractivity (Wildman–Crippen MR) is 58.6 cm³/mol. The van der Waals surface area contributed by atoms with Crippen molar-refractivity contribution in [3.63, 3.8) is 0 Å². The lowest BCUT2D eigenvalue weighted by Crippen LogP contribution is -2.44. The number of rotatable bonds is 3. The summed E-state index contributed by atoms with van der Waals surface area (Å²) in [6.07, 6.45) is 6.34. The Morgan fingerprint density at radius 1 is 1.60 bits per heavy atom. The van der Waals surface area contributed by atoms with Gasteiger partial charge in [0.25, 0.3) is 0 Å². The van der Waals surface area contributed by atoms with Gasteiger partial charge in [-0.25, -0.2) is 0 Å². The number of ketones is 1. The Morgan fingerprint density at radius 3 is 2.80 bits per heavy atom. The molecule has 80 valence electrons. The number of carbonyl (C=O) groups excluding carboxylic acids is 1. The quantitative estimate of drug-likeness (QED) is 0.762. The Bertz CT molecular complexity index is 377. The van der Waals surface area contributed by atoms with Crippen molar-refractivity contribution in [1.82, 2.24) is 4.98 Å². The molecule has 1 aliphatic carbocycles. The summed E-state index contributed by atoms with van der Waals surface area (Å²) in [5.74, 6) is 0.182. The Labute approximate surface area is 89.7 Å². The van der Waals surface area contributed by atoms with Gasteiger partial charge in [-0.1, -0.05) is 6.42 Å². The van der Waals surface area contributed by atoms with Gasteiger partial charge in [0.05, 0.1) is 0 Å². The average molecular weight is 204 g/mol. The molecule has 0 saturated heterocycles. The second kappa shape index (κ2) is 3.74. The third-order valence-corrected chi connectivity index (χ3v) is 3.47. The summed E-state index contributed by atoms with van der Waals surface area (Å²) in [6.45, 7) is 2.40. The van der Waals surface area contributed by atoms with E-state index in [1.54, 1.807) is 12.4 Å². The molecule has 15 heavy (non-hydrogen) atoms.